The predicted molar refractivity (Wildman–Crippen MR) is 93.8 cm³/mol. The van der Waals surface area contributed by atoms with E-state index in [1.165, 1.54) is 13.2 Å². The summed E-state index contributed by atoms with van der Waals surface area (Å²) in [6.07, 6.45) is 0. The van der Waals surface area contributed by atoms with Crippen LogP contribution in [0, 0.1) is 0 Å². The van der Waals surface area contributed by atoms with Crippen molar-refractivity contribution in [2.75, 3.05) is 12.4 Å². The number of carbonyl (C=O) groups is 2. The number of methoxy groups -OCH3 is 1. The van der Waals surface area contributed by atoms with Gasteiger partial charge in [0.15, 0.2) is 0 Å². The number of ether oxygens (including phenoxy) is 1. The summed E-state index contributed by atoms with van der Waals surface area (Å²) in [5.74, 6) is -0.883. The highest BCUT2D eigenvalue weighted by Crippen LogP contribution is 2.18. The van der Waals surface area contributed by atoms with Crippen molar-refractivity contribution < 1.29 is 14.3 Å². The molecule has 0 saturated heterocycles. The molecule has 0 bridgehead atoms. The Morgan fingerprint density at radius 2 is 1.83 bits per heavy atom. The van der Waals surface area contributed by atoms with Crippen molar-refractivity contribution in [3.05, 3.63) is 74.6 Å². The van der Waals surface area contributed by atoms with Crippen LogP contribution in [0.2, 0.25) is 0 Å². The summed E-state index contributed by atoms with van der Waals surface area (Å²) in [6.45, 7) is 0. The number of rotatable bonds is 3. The number of fused-ring (bicyclic) bond motifs is 1. The number of nitrogens with one attached hydrogen (secondary N) is 1. The van der Waals surface area contributed by atoms with E-state index in [0.717, 1.165) is 16.7 Å². The molecule has 0 fully saturated rings. The molecule has 3 aromatic rings. The molecule has 0 unspecified atom stereocenters. The summed E-state index contributed by atoms with van der Waals surface area (Å²) >= 11 is 0.890. The molecule has 0 aliphatic carbocycles. The first kappa shape index (κ1) is 15.9. The maximum atomic E-state index is 12.4. The SMILES string of the molecule is COC(=O)c1cccc(NC(=O)c2cc3ccccc3c(=O)s2)c1. The smallest absolute Gasteiger partial charge is 0.337 e. The number of hydrogen-bond donors (Lipinski definition) is 1. The molecule has 0 saturated carbocycles. The summed E-state index contributed by atoms with van der Waals surface area (Å²) in [6, 6.07) is 15.2. The van der Waals surface area contributed by atoms with Crippen molar-refractivity contribution in [2.45, 2.75) is 0 Å². The molecule has 120 valence electrons. The second-order valence-electron chi connectivity index (χ2n) is 5.01. The van der Waals surface area contributed by atoms with Crippen LogP contribution in [-0.2, 0) is 4.74 Å². The van der Waals surface area contributed by atoms with Crippen LogP contribution in [0.1, 0.15) is 20.0 Å². The van der Waals surface area contributed by atoms with Gasteiger partial charge < -0.3 is 10.1 Å². The molecule has 0 spiro atoms. The topological polar surface area (TPSA) is 72.5 Å². The Morgan fingerprint density at radius 3 is 2.62 bits per heavy atom. The molecule has 0 atom stereocenters. The van der Waals surface area contributed by atoms with E-state index in [-0.39, 0.29) is 4.74 Å². The second kappa shape index (κ2) is 6.64. The minimum Gasteiger partial charge on any atom is -0.465 e. The minimum atomic E-state index is -0.485. The number of benzene rings is 2. The number of anilines is 1. The van der Waals surface area contributed by atoms with Crippen molar-refractivity contribution in [3.63, 3.8) is 0 Å². The van der Waals surface area contributed by atoms with Crippen LogP contribution in [-0.4, -0.2) is 19.0 Å². The molecule has 2 aromatic carbocycles. The lowest BCUT2D eigenvalue weighted by molar-refractivity contribution is 0.0600. The number of carbonyl (C=O) groups excluding carboxylic acids is 2. The van der Waals surface area contributed by atoms with Crippen LogP contribution in [0.5, 0.6) is 0 Å². The third-order valence-corrected chi connectivity index (χ3v) is 4.36. The minimum absolute atomic E-state index is 0.165. The van der Waals surface area contributed by atoms with Crippen molar-refractivity contribution in [3.8, 4) is 0 Å². The Bertz CT molecular complexity index is 993. The van der Waals surface area contributed by atoms with Crippen LogP contribution in [0.25, 0.3) is 10.8 Å². The van der Waals surface area contributed by atoms with Gasteiger partial charge in [0.1, 0.15) is 0 Å². The van der Waals surface area contributed by atoms with E-state index >= 15 is 0 Å². The fourth-order valence-electron chi connectivity index (χ4n) is 2.28. The molecule has 1 aromatic heterocycles. The third-order valence-electron chi connectivity index (χ3n) is 3.44. The Morgan fingerprint density at radius 1 is 1.04 bits per heavy atom. The van der Waals surface area contributed by atoms with E-state index in [1.54, 1.807) is 42.5 Å². The normalized spacial score (nSPS) is 10.4. The van der Waals surface area contributed by atoms with E-state index in [1.807, 2.05) is 6.07 Å². The van der Waals surface area contributed by atoms with Crippen LogP contribution in [0.3, 0.4) is 0 Å². The van der Waals surface area contributed by atoms with Gasteiger partial charge in [0.2, 0.25) is 4.74 Å². The molecular formula is C18H13NO4S. The number of amides is 1. The van der Waals surface area contributed by atoms with Gasteiger partial charge in [-0.3, -0.25) is 9.59 Å². The zero-order chi connectivity index (χ0) is 17.1. The quantitative estimate of drug-likeness (QED) is 0.743. The maximum absolute atomic E-state index is 12.4. The van der Waals surface area contributed by atoms with Gasteiger partial charge in [-0.1, -0.05) is 35.6 Å². The highest BCUT2D eigenvalue weighted by molar-refractivity contribution is 7.12. The lowest BCUT2D eigenvalue weighted by Crippen LogP contribution is -2.13. The molecule has 1 amide bonds. The lowest BCUT2D eigenvalue weighted by Gasteiger charge is -2.07. The zero-order valence-corrected chi connectivity index (χ0v) is 13.6. The van der Waals surface area contributed by atoms with E-state index in [4.69, 9.17) is 0 Å². The van der Waals surface area contributed by atoms with Gasteiger partial charge >= 0.3 is 5.97 Å². The van der Waals surface area contributed by atoms with E-state index < -0.39 is 11.9 Å². The Balaban J connectivity index is 1.90. The van der Waals surface area contributed by atoms with Crippen LogP contribution < -0.4 is 10.1 Å². The fraction of sp³-hybridized carbons (Fsp3) is 0.0556. The largest absolute Gasteiger partial charge is 0.465 e. The third kappa shape index (κ3) is 3.18. The standard InChI is InChI=1S/C18H13NO4S/c1-23-17(21)12-6-4-7-13(9-12)19-16(20)15-10-11-5-2-3-8-14(11)18(22)24-15/h2-10H,1H3,(H,19,20). The molecule has 5 nitrogen and oxygen atoms in total. The van der Waals surface area contributed by atoms with Crippen molar-refractivity contribution in [2.24, 2.45) is 0 Å². The van der Waals surface area contributed by atoms with Gasteiger partial charge in [-0.15, -0.1) is 0 Å². The molecule has 3 rings (SSSR count). The molecule has 1 heterocycles. The summed E-state index contributed by atoms with van der Waals surface area (Å²) in [7, 11) is 1.29. The second-order valence-corrected chi connectivity index (χ2v) is 6.03. The summed E-state index contributed by atoms with van der Waals surface area (Å²) in [4.78, 5) is 36.4. The van der Waals surface area contributed by atoms with Crippen molar-refractivity contribution >= 4 is 39.7 Å². The monoisotopic (exact) mass is 339 g/mol. The first-order chi connectivity index (χ1) is 11.6. The highest BCUT2D eigenvalue weighted by atomic mass is 32.1. The molecule has 6 heteroatoms. The van der Waals surface area contributed by atoms with Gasteiger partial charge in [-0.05, 0) is 35.7 Å². The van der Waals surface area contributed by atoms with Gasteiger partial charge in [-0.25, -0.2) is 4.79 Å². The molecule has 24 heavy (non-hydrogen) atoms. The van der Waals surface area contributed by atoms with Gasteiger partial charge in [0.25, 0.3) is 5.91 Å². The predicted octanol–water partition coefficient (Wildman–Crippen LogP) is 3.30. The van der Waals surface area contributed by atoms with Gasteiger partial charge in [0, 0.05) is 11.1 Å². The fourth-order valence-corrected chi connectivity index (χ4v) is 3.11. The van der Waals surface area contributed by atoms with Gasteiger partial charge in [0.05, 0.1) is 17.6 Å². The first-order valence-electron chi connectivity index (χ1n) is 7.11. The summed E-state index contributed by atoms with van der Waals surface area (Å²) in [5, 5.41) is 4.00. The summed E-state index contributed by atoms with van der Waals surface area (Å²) < 4.78 is 4.49. The van der Waals surface area contributed by atoms with E-state index in [2.05, 4.69) is 10.1 Å². The Hall–Kier alpha value is -2.99. The number of hydrogen-bond acceptors (Lipinski definition) is 5. The lowest BCUT2D eigenvalue weighted by atomic mass is 10.2. The highest BCUT2D eigenvalue weighted by Gasteiger charge is 2.12. The molecule has 0 radical (unpaired) electrons. The molecule has 1 N–H and O–H groups in total. The number of esters is 1. The molecule has 0 aliphatic heterocycles. The average molecular weight is 339 g/mol. The van der Waals surface area contributed by atoms with Crippen LogP contribution in [0.4, 0.5) is 5.69 Å². The van der Waals surface area contributed by atoms with E-state index in [9.17, 15) is 14.4 Å². The van der Waals surface area contributed by atoms with Crippen molar-refractivity contribution in [1.29, 1.82) is 0 Å². The van der Waals surface area contributed by atoms with Crippen molar-refractivity contribution in [1.82, 2.24) is 0 Å². The Kier molecular flexibility index (Phi) is 4.39. The summed E-state index contributed by atoms with van der Waals surface area (Å²) in [5.41, 5.74) is 0.790. The van der Waals surface area contributed by atoms with Gasteiger partial charge in [-0.2, -0.15) is 0 Å². The zero-order valence-electron chi connectivity index (χ0n) is 12.7. The molecule has 0 aliphatic rings. The Labute approximate surface area is 141 Å². The van der Waals surface area contributed by atoms with Crippen LogP contribution >= 0.6 is 11.3 Å². The first-order valence-corrected chi connectivity index (χ1v) is 7.93. The average Bonchev–Trinajstić information content (AvgIpc) is 2.61. The van der Waals surface area contributed by atoms with Crippen LogP contribution in [0.15, 0.2) is 59.4 Å². The molecular weight excluding hydrogens is 326 g/mol. The maximum Gasteiger partial charge on any atom is 0.337 e. The van der Waals surface area contributed by atoms with E-state index in [0.29, 0.717) is 21.5 Å².